The zero-order chi connectivity index (χ0) is 6.78. The lowest BCUT2D eigenvalue weighted by Crippen LogP contribution is -2.32. The molecular formula is C4H6Br2O2. The van der Waals surface area contributed by atoms with Gasteiger partial charge in [-0.25, -0.2) is 0 Å². The summed E-state index contributed by atoms with van der Waals surface area (Å²) in [5.41, 5.74) is -1.26. The summed E-state index contributed by atoms with van der Waals surface area (Å²) in [7, 11) is 0. The summed E-state index contributed by atoms with van der Waals surface area (Å²) in [4.78, 5) is 10.3. The number of carbonyl (C=O) groups excluding carboxylic acids is 1. The first-order valence-electron chi connectivity index (χ1n) is 1.99. The lowest BCUT2D eigenvalue weighted by atomic mass is 10.2. The first kappa shape index (κ1) is 8.59. The monoisotopic (exact) mass is 244 g/mol. The van der Waals surface area contributed by atoms with Crippen molar-refractivity contribution in [3.8, 4) is 0 Å². The van der Waals surface area contributed by atoms with Gasteiger partial charge in [0.15, 0.2) is 0 Å². The molecule has 0 aromatic rings. The van der Waals surface area contributed by atoms with Crippen molar-refractivity contribution in [1.82, 2.24) is 0 Å². The van der Waals surface area contributed by atoms with E-state index < -0.39 is 10.3 Å². The highest BCUT2D eigenvalue weighted by molar-refractivity contribution is 9.18. The third kappa shape index (κ3) is 2.24. The van der Waals surface area contributed by atoms with Crippen LogP contribution in [0.25, 0.3) is 0 Å². The van der Waals surface area contributed by atoms with E-state index in [2.05, 4.69) is 31.9 Å². The van der Waals surface area contributed by atoms with Crippen molar-refractivity contribution >= 4 is 36.6 Å². The van der Waals surface area contributed by atoms with E-state index in [0.717, 1.165) is 0 Å². The van der Waals surface area contributed by atoms with E-state index in [1.807, 2.05) is 0 Å². The summed E-state index contributed by atoms with van der Waals surface area (Å²) in [5.74, 6) is 0. The predicted octanol–water partition coefficient (Wildman–Crippen LogP) is 1.05. The van der Waals surface area contributed by atoms with Gasteiger partial charge in [0.25, 0.3) is 0 Å². The predicted molar refractivity (Wildman–Crippen MR) is 38.4 cm³/mol. The minimum absolute atomic E-state index is 0.254. The van der Waals surface area contributed by atoms with Gasteiger partial charge in [-0.3, -0.25) is 4.79 Å². The molecule has 4 heteroatoms. The van der Waals surface area contributed by atoms with Crippen molar-refractivity contribution in [3.63, 3.8) is 0 Å². The molecule has 1 N–H and O–H groups in total. The van der Waals surface area contributed by atoms with Crippen molar-refractivity contribution < 1.29 is 9.90 Å². The zero-order valence-corrected chi connectivity index (χ0v) is 7.49. The summed E-state index contributed by atoms with van der Waals surface area (Å²) in [6.07, 6.45) is 0. The van der Waals surface area contributed by atoms with Gasteiger partial charge in [0.1, 0.15) is 5.60 Å². The number of hydrogen-bond acceptors (Lipinski definition) is 2. The van der Waals surface area contributed by atoms with Crippen LogP contribution in [0.5, 0.6) is 0 Å². The normalized spacial score (nSPS) is 17.5. The number of aliphatic hydroxyl groups is 1. The van der Waals surface area contributed by atoms with Gasteiger partial charge in [0, 0.05) is 5.33 Å². The molecule has 0 saturated carbocycles. The Labute approximate surface area is 64.5 Å². The first-order chi connectivity index (χ1) is 3.50. The van der Waals surface area contributed by atoms with Gasteiger partial charge in [-0.15, -0.1) is 0 Å². The Kier molecular flexibility index (Phi) is 3.16. The minimum Gasteiger partial charge on any atom is -0.381 e. The van der Waals surface area contributed by atoms with Crippen LogP contribution < -0.4 is 0 Å². The molecule has 1 unspecified atom stereocenters. The second-order valence-corrected chi connectivity index (χ2v) is 2.96. The third-order valence-electron chi connectivity index (χ3n) is 0.684. The average molecular weight is 246 g/mol. The van der Waals surface area contributed by atoms with Crippen LogP contribution in [0, 0.1) is 0 Å². The molecule has 0 aromatic heterocycles. The Morgan fingerprint density at radius 1 is 1.88 bits per heavy atom. The van der Waals surface area contributed by atoms with Crippen LogP contribution in [0.4, 0.5) is 0 Å². The second-order valence-electron chi connectivity index (χ2n) is 1.68. The van der Waals surface area contributed by atoms with Gasteiger partial charge >= 0.3 is 0 Å². The average Bonchev–Trinajstić information content (AvgIpc) is 1.67. The van der Waals surface area contributed by atoms with E-state index in [1.54, 1.807) is 0 Å². The van der Waals surface area contributed by atoms with Crippen LogP contribution in [0.3, 0.4) is 0 Å². The molecule has 0 aliphatic carbocycles. The van der Waals surface area contributed by atoms with E-state index in [9.17, 15) is 4.79 Å². The molecule has 0 aliphatic rings. The van der Waals surface area contributed by atoms with E-state index in [4.69, 9.17) is 5.11 Å². The first-order valence-corrected chi connectivity index (χ1v) is 3.90. The quantitative estimate of drug-likeness (QED) is 0.584. The van der Waals surface area contributed by atoms with Crippen LogP contribution in [0.15, 0.2) is 0 Å². The van der Waals surface area contributed by atoms with Crippen LogP contribution in [-0.2, 0) is 4.79 Å². The Morgan fingerprint density at radius 3 is 2.25 bits per heavy atom. The van der Waals surface area contributed by atoms with Crippen molar-refractivity contribution in [2.45, 2.75) is 12.5 Å². The molecule has 48 valence electrons. The van der Waals surface area contributed by atoms with E-state index in [-0.39, 0.29) is 5.33 Å². The maximum atomic E-state index is 10.3. The molecule has 0 amide bonds. The lowest BCUT2D eigenvalue weighted by molar-refractivity contribution is -0.123. The largest absolute Gasteiger partial charge is 0.381 e. The van der Waals surface area contributed by atoms with E-state index >= 15 is 0 Å². The Bertz CT molecular complexity index is 100. The number of carbonyl (C=O) groups is 1. The standard InChI is InChI=1S/C4H6Br2O2/c1-4(8,2-5)3(6)7/h8H,2H2,1H3. The zero-order valence-electron chi connectivity index (χ0n) is 4.32. The molecule has 1 atom stereocenters. The van der Waals surface area contributed by atoms with Crippen LogP contribution >= 0.6 is 31.9 Å². The molecule has 0 heterocycles. The number of rotatable bonds is 2. The molecule has 2 nitrogen and oxygen atoms in total. The fraction of sp³-hybridized carbons (Fsp3) is 0.750. The molecule has 0 radical (unpaired) electrons. The van der Waals surface area contributed by atoms with Gasteiger partial charge in [0.05, 0.1) is 0 Å². The molecule has 0 aliphatic heterocycles. The van der Waals surface area contributed by atoms with Crippen LogP contribution in [-0.4, -0.2) is 20.7 Å². The van der Waals surface area contributed by atoms with Crippen molar-refractivity contribution in [2.24, 2.45) is 0 Å². The summed E-state index contributed by atoms with van der Waals surface area (Å²) in [6, 6.07) is 0. The fourth-order valence-corrected chi connectivity index (χ4v) is 0.824. The fourth-order valence-electron chi connectivity index (χ4n) is 0.0525. The van der Waals surface area contributed by atoms with Gasteiger partial charge in [-0.2, -0.15) is 0 Å². The molecule has 0 spiro atoms. The van der Waals surface area contributed by atoms with Crippen molar-refractivity contribution in [1.29, 1.82) is 0 Å². The van der Waals surface area contributed by atoms with Crippen LogP contribution in [0.2, 0.25) is 0 Å². The molecule has 0 aromatic carbocycles. The van der Waals surface area contributed by atoms with E-state index in [1.165, 1.54) is 6.92 Å². The van der Waals surface area contributed by atoms with Crippen molar-refractivity contribution in [2.75, 3.05) is 5.33 Å². The molecule has 0 bridgehead atoms. The van der Waals surface area contributed by atoms with Gasteiger partial charge in [-0.1, -0.05) is 15.9 Å². The molecule has 0 saturated heterocycles. The molecular weight excluding hydrogens is 240 g/mol. The number of alkyl halides is 1. The molecule has 0 rings (SSSR count). The molecule has 0 fully saturated rings. The summed E-state index contributed by atoms with van der Waals surface area (Å²) in [6.45, 7) is 1.43. The maximum absolute atomic E-state index is 10.3. The van der Waals surface area contributed by atoms with Crippen molar-refractivity contribution in [3.05, 3.63) is 0 Å². The Morgan fingerprint density at radius 2 is 2.25 bits per heavy atom. The second kappa shape index (κ2) is 2.94. The Balaban J connectivity index is 3.91. The topological polar surface area (TPSA) is 37.3 Å². The highest BCUT2D eigenvalue weighted by Gasteiger charge is 2.25. The lowest BCUT2D eigenvalue weighted by Gasteiger charge is -2.12. The summed E-state index contributed by atoms with van der Waals surface area (Å²) < 4.78 is -0.401. The van der Waals surface area contributed by atoms with Gasteiger partial charge in [0.2, 0.25) is 4.69 Å². The summed E-state index contributed by atoms with van der Waals surface area (Å²) in [5, 5.41) is 9.21. The number of hydrogen-bond donors (Lipinski definition) is 1. The maximum Gasteiger partial charge on any atom is 0.229 e. The highest BCUT2D eigenvalue weighted by atomic mass is 79.9. The van der Waals surface area contributed by atoms with Gasteiger partial charge < -0.3 is 5.11 Å². The minimum atomic E-state index is -1.26. The molecule has 8 heavy (non-hydrogen) atoms. The SMILES string of the molecule is CC(O)(CBr)C(=O)Br. The van der Waals surface area contributed by atoms with E-state index in [0.29, 0.717) is 0 Å². The third-order valence-corrected chi connectivity index (χ3v) is 2.63. The smallest absolute Gasteiger partial charge is 0.229 e. The van der Waals surface area contributed by atoms with Gasteiger partial charge in [-0.05, 0) is 22.9 Å². The van der Waals surface area contributed by atoms with Crippen LogP contribution in [0.1, 0.15) is 6.92 Å². The number of halogens is 2. The summed E-state index contributed by atoms with van der Waals surface area (Å²) >= 11 is 5.61. The highest BCUT2D eigenvalue weighted by Crippen LogP contribution is 2.11. The Hall–Kier alpha value is 0.590.